The number of aliphatic hydroxyl groups is 1. The molecule has 0 aliphatic carbocycles. The van der Waals surface area contributed by atoms with E-state index < -0.39 is 0 Å². The summed E-state index contributed by atoms with van der Waals surface area (Å²) in [4.78, 5) is 0. The summed E-state index contributed by atoms with van der Waals surface area (Å²) in [5, 5.41) is 22.9. The van der Waals surface area contributed by atoms with Crippen LogP contribution in [-0.2, 0) is 0 Å². The van der Waals surface area contributed by atoms with Crippen LogP contribution in [0.4, 0.5) is 0 Å². The fraction of sp³-hybridized carbons (Fsp3) is 1.00. The van der Waals surface area contributed by atoms with Crippen LogP contribution in [0.2, 0.25) is 0 Å². The highest BCUT2D eigenvalue weighted by Gasteiger charge is 2.52. The third kappa shape index (κ3) is 1.81. The number of nitrogens with one attached hydrogen (secondary N) is 1. The van der Waals surface area contributed by atoms with Gasteiger partial charge in [-0.05, 0) is 26.7 Å². The molecule has 1 saturated heterocycles. The molecule has 0 bridgehead atoms. The van der Waals surface area contributed by atoms with Crippen molar-refractivity contribution in [3.8, 4) is 0 Å². The lowest BCUT2D eigenvalue weighted by Crippen LogP contribution is -3.25. The molecule has 5 atom stereocenters. The Morgan fingerprint density at radius 2 is 1.87 bits per heavy atom. The first-order valence-corrected chi connectivity index (χ1v) is 6.04. The third-order valence-electron chi connectivity index (χ3n) is 4.82. The van der Waals surface area contributed by atoms with Crippen molar-refractivity contribution < 1.29 is 10.2 Å². The van der Waals surface area contributed by atoms with Gasteiger partial charge in [0.1, 0.15) is 0 Å². The van der Waals surface area contributed by atoms with E-state index in [4.69, 9.17) is 0 Å². The first-order valence-electron chi connectivity index (χ1n) is 6.04. The second-order valence-corrected chi connectivity index (χ2v) is 5.57. The maximum atomic E-state index is 12.5. The quantitative estimate of drug-likeness (QED) is 0.678. The summed E-state index contributed by atoms with van der Waals surface area (Å²) in [5.74, 6) is 0.0784. The average molecular weight is 215 g/mol. The van der Waals surface area contributed by atoms with E-state index in [2.05, 4.69) is 0 Å². The van der Waals surface area contributed by atoms with E-state index in [-0.39, 0.29) is 23.1 Å². The second kappa shape index (κ2) is 4.04. The average Bonchev–Trinajstić information content (AvgIpc) is 2.23. The van der Waals surface area contributed by atoms with Crippen molar-refractivity contribution in [2.45, 2.75) is 71.1 Å². The molecular weight excluding hydrogens is 190 g/mol. The first-order chi connectivity index (χ1) is 6.81. The molecule has 3 nitrogen and oxygen atoms in total. The van der Waals surface area contributed by atoms with E-state index in [0.717, 1.165) is 12.8 Å². The number of hydrogen-bond acceptors (Lipinski definition) is 2. The van der Waals surface area contributed by atoms with Gasteiger partial charge >= 0.3 is 0 Å². The molecule has 15 heavy (non-hydrogen) atoms. The highest BCUT2D eigenvalue weighted by atomic mass is 16.5. The first kappa shape index (κ1) is 12.9. The Bertz CT molecular complexity index is 234. The predicted octanol–water partition coefficient (Wildman–Crippen LogP) is 1.11. The van der Waals surface area contributed by atoms with Crippen LogP contribution in [0.1, 0.15) is 53.9 Å². The monoisotopic (exact) mass is 215 g/mol. The Morgan fingerprint density at radius 1 is 1.33 bits per heavy atom. The van der Waals surface area contributed by atoms with Gasteiger partial charge in [-0.2, -0.15) is 0 Å². The molecule has 1 fully saturated rings. The van der Waals surface area contributed by atoms with Gasteiger partial charge in [0.15, 0.2) is 0 Å². The fourth-order valence-electron chi connectivity index (χ4n) is 2.84. The lowest BCUT2D eigenvalue weighted by atomic mass is 9.69. The minimum atomic E-state index is -0.345. The van der Waals surface area contributed by atoms with E-state index >= 15 is 0 Å². The molecule has 0 amide bonds. The van der Waals surface area contributed by atoms with Crippen molar-refractivity contribution in [3.05, 3.63) is 5.21 Å². The molecule has 0 radical (unpaired) electrons. The van der Waals surface area contributed by atoms with Crippen molar-refractivity contribution in [2.24, 2.45) is 5.92 Å². The van der Waals surface area contributed by atoms with Gasteiger partial charge < -0.3 is 15.4 Å². The minimum Gasteiger partial charge on any atom is -0.634 e. The second-order valence-electron chi connectivity index (χ2n) is 5.57. The molecule has 2 N–H and O–H groups in total. The largest absolute Gasteiger partial charge is 0.634 e. The summed E-state index contributed by atoms with van der Waals surface area (Å²) in [6.45, 7) is 10.1. The Balaban J connectivity index is 3.05. The van der Waals surface area contributed by atoms with Crippen LogP contribution in [0, 0.1) is 11.1 Å². The normalized spacial score (nSPS) is 51.8. The molecule has 0 aromatic heterocycles. The van der Waals surface area contributed by atoms with Gasteiger partial charge in [0.05, 0.1) is 17.2 Å². The molecule has 1 heterocycles. The van der Waals surface area contributed by atoms with Gasteiger partial charge in [0, 0.05) is 12.3 Å². The summed E-state index contributed by atoms with van der Waals surface area (Å²) in [6.07, 6.45) is 1.93. The number of hydroxylamine groups is 2. The van der Waals surface area contributed by atoms with E-state index in [1.165, 1.54) is 0 Å². The standard InChI is InChI=1S/C12H25NO2/c1-6-11(4)8-10(14)9(3)12(5,7-2)13(11)15/h9-10,13-14H,6-8H2,1-5H3. The highest BCUT2D eigenvalue weighted by Crippen LogP contribution is 2.32. The SMILES string of the molecule is CCC1(C)CC(O)C(C)C(C)(CC)[NH+]1[O-]. The molecule has 90 valence electrons. The Hall–Kier alpha value is -0.120. The predicted molar refractivity (Wildman–Crippen MR) is 61.5 cm³/mol. The van der Waals surface area contributed by atoms with Gasteiger partial charge in [-0.25, -0.2) is 0 Å². The third-order valence-corrected chi connectivity index (χ3v) is 4.82. The Kier molecular flexibility index (Phi) is 3.49. The minimum absolute atomic E-state index is 0.0784. The zero-order valence-electron chi connectivity index (χ0n) is 10.6. The lowest BCUT2D eigenvalue weighted by molar-refractivity contribution is -0.966. The summed E-state index contributed by atoms with van der Waals surface area (Å²) in [7, 11) is 0. The number of hydrogen-bond donors (Lipinski definition) is 2. The van der Waals surface area contributed by atoms with Crippen molar-refractivity contribution in [2.75, 3.05) is 0 Å². The topological polar surface area (TPSA) is 47.7 Å². The van der Waals surface area contributed by atoms with E-state index in [0.29, 0.717) is 11.5 Å². The van der Waals surface area contributed by atoms with Crippen molar-refractivity contribution >= 4 is 0 Å². The number of aliphatic hydroxyl groups excluding tert-OH is 1. The van der Waals surface area contributed by atoms with E-state index in [1.807, 2.05) is 34.6 Å². The van der Waals surface area contributed by atoms with Crippen LogP contribution >= 0.6 is 0 Å². The van der Waals surface area contributed by atoms with Gasteiger partial charge in [-0.15, -0.1) is 0 Å². The molecule has 1 aliphatic heterocycles. The van der Waals surface area contributed by atoms with Gasteiger partial charge in [-0.3, -0.25) is 0 Å². The zero-order valence-corrected chi connectivity index (χ0v) is 10.6. The van der Waals surface area contributed by atoms with Gasteiger partial charge in [0.2, 0.25) is 0 Å². The maximum absolute atomic E-state index is 12.5. The van der Waals surface area contributed by atoms with Crippen LogP contribution in [0.5, 0.6) is 0 Å². The van der Waals surface area contributed by atoms with Crippen LogP contribution in [0.3, 0.4) is 0 Å². The molecule has 0 spiro atoms. The van der Waals surface area contributed by atoms with Crippen molar-refractivity contribution in [3.63, 3.8) is 0 Å². The van der Waals surface area contributed by atoms with Crippen LogP contribution in [-0.4, -0.2) is 22.3 Å². The molecule has 5 unspecified atom stereocenters. The summed E-state index contributed by atoms with van der Waals surface area (Å²) < 4.78 is 0. The van der Waals surface area contributed by atoms with Crippen molar-refractivity contribution in [1.82, 2.24) is 0 Å². The molecule has 0 saturated carbocycles. The summed E-state index contributed by atoms with van der Waals surface area (Å²) in [6, 6.07) is 0. The fourth-order valence-corrected chi connectivity index (χ4v) is 2.84. The van der Waals surface area contributed by atoms with Crippen LogP contribution < -0.4 is 5.06 Å². The molecule has 3 heteroatoms. The van der Waals surface area contributed by atoms with E-state index in [9.17, 15) is 10.3 Å². The molecule has 1 rings (SSSR count). The lowest BCUT2D eigenvalue weighted by Gasteiger charge is -2.58. The summed E-state index contributed by atoms with van der Waals surface area (Å²) >= 11 is 0. The van der Waals surface area contributed by atoms with E-state index in [1.54, 1.807) is 0 Å². The maximum Gasteiger partial charge on any atom is 0.0997 e. The number of piperidine rings is 1. The van der Waals surface area contributed by atoms with Gasteiger partial charge in [-0.1, -0.05) is 20.8 Å². The molecule has 1 aliphatic rings. The summed E-state index contributed by atoms with van der Waals surface area (Å²) in [5.41, 5.74) is -0.668. The number of rotatable bonds is 2. The van der Waals surface area contributed by atoms with Crippen molar-refractivity contribution in [1.29, 1.82) is 0 Å². The Labute approximate surface area is 93.1 Å². The smallest absolute Gasteiger partial charge is 0.0997 e. The highest BCUT2D eigenvalue weighted by molar-refractivity contribution is 4.94. The molecule has 0 aromatic rings. The van der Waals surface area contributed by atoms with Crippen LogP contribution in [0.25, 0.3) is 0 Å². The zero-order chi connectivity index (χ0) is 11.9. The molecule has 0 aromatic carbocycles. The number of quaternary nitrogens is 1. The Morgan fingerprint density at radius 3 is 2.27 bits per heavy atom. The van der Waals surface area contributed by atoms with Gasteiger partial charge in [0.25, 0.3) is 0 Å². The van der Waals surface area contributed by atoms with Crippen LogP contribution in [0.15, 0.2) is 0 Å². The molecular formula is C12H25NO2.